The molecule has 0 aliphatic rings. The first-order valence-corrected chi connectivity index (χ1v) is 5.89. The van der Waals surface area contributed by atoms with E-state index in [4.69, 9.17) is 0 Å². The molecule has 5 nitrogen and oxygen atoms in total. The molecule has 3 rings (SSSR count). The second kappa shape index (κ2) is 3.66. The van der Waals surface area contributed by atoms with Crippen molar-refractivity contribution in [2.24, 2.45) is 0 Å². The Morgan fingerprint density at radius 3 is 2.67 bits per heavy atom. The van der Waals surface area contributed by atoms with Gasteiger partial charge in [-0.05, 0) is 17.0 Å². The van der Waals surface area contributed by atoms with Crippen LogP contribution in [0.1, 0.15) is 26.3 Å². The largest absolute Gasteiger partial charge is 0.297 e. The molecule has 3 aromatic rings. The molecule has 3 heterocycles. The fourth-order valence-corrected chi connectivity index (χ4v) is 1.93. The zero-order chi connectivity index (χ0) is 12.8. The Labute approximate surface area is 105 Å². The van der Waals surface area contributed by atoms with Crippen LogP contribution < -0.4 is 0 Å². The molecule has 0 amide bonds. The van der Waals surface area contributed by atoms with E-state index in [0.717, 1.165) is 17.2 Å². The van der Waals surface area contributed by atoms with Crippen LogP contribution in [0.5, 0.6) is 0 Å². The van der Waals surface area contributed by atoms with E-state index in [9.17, 15) is 0 Å². The molecule has 0 spiro atoms. The smallest absolute Gasteiger partial charge is 0.174 e. The van der Waals surface area contributed by atoms with E-state index in [-0.39, 0.29) is 5.41 Å². The summed E-state index contributed by atoms with van der Waals surface area (Å²) in [6, 6.07) is 4.15. The second-order valence-electron chi connectivity index (χ2n) is 5.37. The number of rotatable bonds is 1. The molecule has 0 aromatic carbocycles. The molecule has 0 fully saturated rings. The fourth-order valence-electron chi connectivity index (χ4n) is 1.93. The van der Waals surface area contributed by atoms with Crippen molar-refractivity contribution in [3.05, 3.63) is 36.4 Å². The first-order valence-electron chi connectivity index (χ1n) is 5.89. The SMILES string of the molecule is CC(C)(C)c1ccc2ncc(-c3ncn[nH]3)n2c1. The third kappa shape index (κ3) is 1.68. The van der Waals surface area contributed by atoms with Gasteiger partial charge in [0.25, 0.3) is 0 Å². The van der Waals surface area contributed by atoms with Crippen molar-refractivity contribution < 1.29 is 0 Å². The average Bonchev–Trinajstić information content (AvgIpc) is 2.95. The topological polar surface area (TPSA) is 58.9 Å². The summed E-state index contributed by atoms with van der Waals surface area (Å²) in [5, 5.41) is 6.75. The Hall–Kier alpha value is -2.17. The van der Waals surface area contributed by atoms with Gasteiger partial charge in [0.1, 0.15) is 17.7 Å². The summed E-state index contributed by atoms with van der Waals surface area (Å²) in [6.07, 6.45) is 5.42. The fraction of sp³-hybridized carbons (Fsp3) is 0.308. The number of pyridine rings is 1. The van der Waals surface area contributed by atoms with E-state index in [0.29, 0.717) is 0 Å². The highest BCUT2D eigenvalue weighted by Crippen LogP contribution is 2.24. The number of nitrogens with zero attached hydrogens (tertiary/aromatic N) is 4. The van der Waals surface area contributed by atoms with E-state index >= 15 is 0 Å². The molecule has 0 saturated heterocycles. The zero-order valence-electron chi connectivity index (χ0n) is 10.7. The maximum atomic E-state index is 4.37. The Bertz CT molecular complexity index is 673. The highest BCUT2D eigenvalue weighted by atomic mass is 15.2. The Kier molecular flexibility index (Phi) is 2.23. The first-order chi connectivity index (χ1) is 8.55. The van der Waals surface area contributed by atoms with Crippen LogP contribution >= 0.6 is 0 Å². The quantitative estimate of drug-likeness (QED) is 0.711. The van der Waals surface area contributed by atoms with E-state index < -0.39 is 0 Å². The molecule has 1 N–H and O–H groups in total. The summed E-state index contributed by atoms with van der Waals surface area (Å²) in [4.78, 5) is 8.55. The number of aromatic nitrogens is 5. The highest BCUT2D eigenvalue weighted by Gasteiger charge is 2.16. The first kappa shape index (κ1) is 11.0. The molecule has 0 saturated carbocycles. The molecule has 0 aliphatic carbocycles. The number of fused-ring (bicyclic) bond motifs is 1. The van der Waals surface area contributed by atoms with Crippen molar-refractivity contribution in [3.63, 3.8) is 0 Å². The Balaban J connectivity index is 2.23. The highest BCUT2D eigenvalue weighted by molar-refractivity contribution is 5.57. The van der Waals surface area contributed by atoms with Crippen LogP contribution in [0.4, 0.5) is 0 Å². The van der Waals surface area contributed by atoms with Gasteiger partial charge in [-0.3, -0.25) is 9.50 Å². The van der Waals surface area contributed by atoms with Crippen LogP contribution in [-0.4, -0.2) is 24.6 Å². The van der Waals surface area contributed by atoms with E-state index in [1.54, 1.807) is 0 Å². The van der Waals surface area contributed by atoms with E-state index in [2.05, 4.69) is 53.2 Å². The zero-order valence-corrected chi connectivity index (χ0v) is 10.7. The summed E-state index contributed by atoms with van der Waals surface area (Å²) < 4.78 is 2.04. The van der Waals surface area contributed by atoms with E-state index in [1.165, 1.54) is 11.9 Å². The van der Waals surface area contributed by atoms with Crippen molar-refractivity contribution in [1.29, 1.82) is 0 Å². The van der Waals surface area contributed by atoms with Crippen LogP contribution in [0.15, 0.2) is 30.9 Å². The normalized spacial score (nSPS) is 12.2. The van der Waals surface area contributed by atoms with Crippen LogP contribution in [0.25, 0.3) is 17.2 Å². The van der Waals surface area contributed by atoms with Crippen molar-refractivity contribution in [3.8, 4) is 11.5 Å². The molecule has 0 aliphatic heterocycles. The van der Waals surface area contributed by atoms with Gasteiger partial charge in [0.2, 0.25) is 0 Å². The number of H-pyrrole nitrogens is 1. The van der Waals surface area contributed by atoms with Crippen LogP contribution in [0.3, 0.4) is 0 Å². The number of imidazole rings is 1. The molecular weight excluding hydrogens is 226 g/mol. The lowest BCUT2D eigenvalue weighted by Gasteiger charge is -2.19. The summed E-state index contributed by atoms with van der Waals surface area (Å²) in [5.74, 6) is 0.730. The van der Waals surface area contributed by atoms with Gasteiger partial charge in [0.05, 0.1) is 6.20 Å². The Morgan fingerprint density at radius 1 is 1.17 bits per heavy atom. The number of hydrogen-bond donors (Lipinski definition) is 1. The third-order valence-corrected chi connectivity index (χ3v) is 3.03. The van der Waals surface area contributed by atoms with Crippen molar-refractivity contribution in [1.82, 2.24) is 24.6 Å². The predicted octanol–water partition coefficient (Wildman–Crippen LogP) is 2.42. The summed E-state index contributed by atoms with van der Waals surface area (Å²) in [5.41, 5.74) is 3.20. The lowest BCUT2D eigenvalue weighted by molar-refractivity contribution is 0.586. The van der Waals surface area contributed by atoms with Crippen molar-refractivity contribution in [2.75, 3.05) is 0 Å². The third-order valence-electron chi connectivity index (χ3n) is 3.03. The van der Waals surface area contributed by atoms with Crippen LogP contribution in [-0.2, 0) is 5.41 Å². The molecule has 92 valence electrons. The number of nitrogens with one attached hydrogen (secondary N) is 1. The molecule has 0 atom stereocenters. The van der Waals surface area contributed by atoms with Crippen LogP contribution in [0.2, 0.25) is 0 Å². The second-order valence-corrected chi connectivity index (χ2v) is 5.37. The van der Waals surface area contributed by atoms with Crippen molar-refractivity contribution >= 4 is 5.65 Å². The van der Waals surface area contributed by atoms with Crippen LogP contribution in [0, 0.1) is 0 Å². The maximum absolute atomic E-state index is 4.37. The van der Waals surface area contributed by atoms with Gasteiger partial charge in [0.15, 0.2) is 5.82 Å². The monoisotopic (exact) mass is 241 g/mol. The van der Waals surface area contributed by atoms with Gasteiger partial charge in [-0.2, -0.15) is 5.10 Å². The average molecular weight is 241 g/mol. The summed E-state index contributed by atoms with van der Waals surface area (Å²) in [7, 11) is 0. The maximum Gasteiger partial charge on any atom is 0.174 e. The van der Waals surface area contributed by atoms with Gasteiger partial charge in [-0.1, -0.05) is 26.8 Å². The van der Waals surface area contributed by atoms with Gasteiger partial charge >= 0.3 is 0 Å². The lowest BCUT2D eigenvalue weighted by atomic mass is 9.88. The number of hydrogen-bond acceptors (Lipinski definition) is 3. The lowest BCUT2D eigenvalue weighted by Crippen LogP contribution is -2.12. The molecule has 0 unspecified atom stereocenters. The molecule has 5 heteroatoms. The number of aromatic amines is 1. The minimum Gasteiger partial charge on any atom is -0.297 e. The predicted molar refractivity (Wildman–Crippen MR) is 69.3 cm³/mol. The van der Waals surface area contributed by atoms with Gasteiger partial charge in [0, 0.05) is 6.20 Å². The molecule has 0 bridgehead atoms. The molecule has 0 radical (unpaired) electrons. The molecular formula is C13H15N5. The molecule has 18 heavy (non-hydrogen) atoms. The van der Waals surface area contributed by atoms with Crippen molar-refractivity contribution in [2.45, 2.75) is 26.2 Å². The minimum atomic E-state index is 0.108. The Morgan fingerprint density at radius 2 is 2.00 bits per heavy atom. The molecule has 3 aromatic heterocycles. The van der Waals surface area contributed by atoms with Gasteiger partial charge < -0.3 is 0 Å². The van der Waals surface area contributed by atoms with E-state index in [1.807, 2.05) is 16.7 Å². The minimum absolute atomic E-state index is 0.108. The van der Waals surface area contributed by atoms with Gasteiger partial charge in [-0.25, -0.2) is 9.97 Å². The summed E-state index contributed by atoms with van der Waals surface area (Å²) in [6.45, 7) is 6.58. The standard InChI is InChI=1S/C13H15N5/c1-13(2,3)9-4-5-11-14-6-10(18(11)7-9)12-15-8-16-17-12/h4-8H,1-3H3,(H,15,16,17). The van der Waals surface area contributed by atoms with Gasteiger partial charge in [-0.15, -0.1) is 0 Å². The summed E-state index contributed by atoms with van der Waals surface area (Å²) >= 11 is 0.